The Kier molecular flexibility index (Phi) is 6.54. The molecule has 1 aliphatic rings. The van der Waals surface area contributed by atoms with Crippen LogP contribution in [0.2, 0.25) is 0 Å². The molecule has 2 aromatic rings. The van der Waals surface area contributed by atoms with Gasteiger partial charge in [-0.1, -0.05) is 48.9 Å². The summed E-state index contributed by atoms with van der Waals surface area (Å²) in [6, 6.07) is 14.6. The van der Waals surface area contributed by atoms with E-state index in [2.05, 4.69) is 10.6 Å². The second-order valence-corrected chi connectivity index (χ2v) is 7.05. The van der Waals surface area contributed by atoms with Crippen molar-refractivity contribution >= 4 is 12.0 Å². The van der Waals surface area contributed by atoms with Crippen LogP contribution in [0.3, 0.4) is 0 Å². The highest BCUT2D eigenvalue weighted by molar-refractivity contribution is 5.95. The van der Waals surface area contributed by atoms with Gasteiger partial charge in [0.2, 0.25) is 0 Å². The molecule has 6 heteroatoms. The monoisotopic (exact) mass is 394 g/mol. The van der Waals surface area contributed by atoms with E-state index in [-0.39, 0.29) is 6.03 Å². The number of amides is 2. The fraction of sp³-hybridized carbons (Fsp3) is 0.304. The molecule has 0 saturated carbocycles. The highest BCUT2D eigenvalue weighted by atomic mass is 16.5. The lowest BCUT2D eigenvalue weighted by Crippen LogP contribution is -2.45. The molecule has 0 bridgehead atoms. The average Bonchev–Trinajstić information content (AvgIpc) is 2.71. The number of nitrogens with one attached hydrogen (secondary N) is 2. The van der Waals surface area contributed by atoms with Crippen LogP contribution < -0.4 is 15.4 Å². The number of hydrogen-bond acceptors (Lipinski definition) is 4. The third-order valence-electron chi connectivity index (χ3n) is 4.64. The summed E-state index contributed by atoms with van der Waals surface area (Å²) in [5, 5.41) is 5.46. The summed E-state index contributed by atoms with van der Waals surface area (Å²) in [5.74, 6) is 0.225. The number of allylic oxidation sites excluding steroid dienone is 1. The van der Waals surface area contributed by atoms with Gasteiger partial charge in [-0.15, -0.1) is 0 Å². The maximum Gasteiger partial charge on any atom is 0.338 e. The Hall–Kier alpha value is -3.28. The van der Waals surface area contributed by atoms with E-state index < -0.39 is 12.0 Å². The normalized spacial score (nSPS) is 16.1. The van der Waals surface area contributed by atoms with Gasteiger partial charge in [0.1, 0.15) is 12.4 Å². The van der Waals surface area contributed by atoms with E-state index >= 15 is 0 Å². The Labute approximate surface area is 170 Å². The van der Waals surface area contributed by atoms with Gasteiger partial charge >= 0.3 is 12.0 Å². The molecule has 0 spiro atoms. The molecule has 6 nitrogen and oxygen atoms in total. The Morgan fingerprint density at radius 1 is 1.10 bits per heavy atom. The highest BCUT2D eigenvalue weighted by Gasteiger charge is 2.32. The molecule has 3 rings (SSSR count). The Morgan fingerprint density at radius 2 is 1.86 bits per heavy atom. The van der Waals surface area contributed by atoms with E-state index in [1.807, 2.05) is 62.4 Å². The zero-order valence-electron chi connectivity index (χ0n) is 17.0. The van der Waals surface area contributed by atoms with Crippen LogP contribution in [0.5, 0.6) is 5.75 Å². The summed E-state index contributed by atoms with van der Waals surface area (Å²) in [6.45, 7) is 6.44. The molecule has 2 amide bonds. The molecule has 2 N–H and O–H groups in total. The number of carbonyl (C=O) groups is 2. The van der Waals surface area contributed by atoms with Crippen molar-refractivity contribution < 1.29 is 19.1 Å². The summed E-state index contributed by atoms with van der Waals surface area (Å²) in [6.07, 6.45) is 0.727. The average molecular weight is 394 g/mol. The Morgan fingerprint density at radius 3 is 2.59 bits per heavy atom. The van der Waals surface area contributed by atoms with Crippen molar-refractivity contribution in [3.8, 4) is 5.75 Å². The summed E-state index contributed by atoms with van der Waals surface area (Å²) in [5.41, 5.74) is 3.90. The van der Waals surface area contributed by atoms with E-state index in [9.17, 15) is 9.59 Å². The van der Waals surface area contributed by atoms with Gasteiger partial charge in [0.25, 0.3) is 0 Å². The minimum atomic E-state index is -0.601. The molecule has 1 heterocycles. The maximum absolute atomic E-state index is 12.6. The quantitative estimate of drug-likeness (QED) is 0.692. The van der Waals surface area contributed by atoms with Crippen molar-refractivity contribution in [2.75, 3.05) is 6.61 Å². The smallest absolute Gasteiger partial charge is 0.338 e. The first-order valence-electron chi connectivity index (χ1n) is 9.71. The maximum atomic E-state index is 12.6. The highest BCUT2D eigenvalue weighted by Crippen LogP contribution is 2.30. The molecule has 0 aromatic heterocycles. The number of aryl methyl sites for hydroxylation is 1. The molecule has 152 valence electrons. The van der Waals surface area contributed by atoms with Gasteiger partial charge in [-0.25, -0.2) is 9.59 Å². The van der Waals surface area contributed by atoms with Gasteiger partial charge in [-0.05, 0) is 43.5 Å². The van der Waals surface area contributed by atoms with Crippen LogP contribution in [0.25, 0.3) is 0 Å². The Balaban J connectivity index is 1.81. The number of rotatable bonds is 7. The molecule has 1 aliphatic heterocycles. The van der Waals surface area contributed by atoms with Crippen LogP contribution in [0.4, 0.5) is 4.79 Å². The van der Waals surface area contributed by atoms with Crippen LogP contribution in [0, 0.1) is 6.92 Å². The number of ether oxygens (including phenoxy) is 2. The van der Waals surface area contributed by atoms with E-state index in [1.165, 1.54) is 5.56 Å². The van der Waals surface area contributed by atoms with Crippen LogP contribution in [0.15, 0.2) is 59.8 Å². The number of carbonyl (C=O) groups excluding carboxylic acids is 2. The first kappa shape index (κ1) is 20.5. The predicted octanol–water partition coefficient (Wildman–Crippen LogP) is 4.16. The number of urea groups is 1. The van der Waals surface area contributed by atoms with Crippen molar-refractivity contribution in [3.63, 3.8) is 0 Å². The zero-order valence-corrected chi connectivity index (χ0v) is 17.0. The second kappa shape index (κ2) is 9.28. The zero-order chi connectivity index (χ0) is 20.8. The van der Waals surface area contributed by atoms with E-state index in [1.54, 1.807) is 6.92 Å². The second-order valence-electron chi connectivity index (χ2n) is 7.05. The summed E-state index contributed by atoms with van der Waals surface area (Å²) >= 11 is 0. The van der Waals surface area contributed by atoms with Crippen LogP contribution in [0.1, 0.15) is 43.0 Å². The summed E-state index contributed by atoms with van der Waals surface area (Å²) in [4.78, 5) is 24.6. The molecule has 1 atom stereocenters. The summed E-state index contributed by atoms with van der Waals surface area (Å²) in [7, 11) is 0. The van der Waals surface area contributed by atoms with Crippen LogP contribution in [-0.2, 0) is 16.1 Å². The lowest BCUT2D eigenvalue weighted by atomic mass is 9.95. The fourth-order valence-electron chi connectivity index (χ4n) is 3.12. The van der Waals surface area contributed by atoms with E-state index in [4.69, 9.17) is 9.47 Å². The minimum Gasteiger partial charge on any atom is -0.489 e. The first-order valence-corrected chi connectivity index (χ1v) is 9.71. The minimum absolute atomic E-state index is 0.329. The van der Waals surface area contributed by atoms with E-state index in [0.717, 1.165) is 17.5 Å². The van der Waals surface area contributed by atoms with Crippen molar-refractivity contribution in [1.29, 1.82) is 0 Å². The van der Waals surface area contributed by atoms with Crippen molar-refractivity contribution in [2.45, 2.75) is 39.8 Å². The van der Waals surface area contributed by atoms with Gasteiger partial charge in [0.15, 0.2) is 0 Å². The predicted molar refractivity (Wildman–Crippen MR) is 110 cm³/mol. The SMILES string of the molecule is CCCOC(=O)C1=C(C)NC(=O)NC1c1cccc(OCc2ccc(C)cc2)c1. The number of esters is 1. The molecular weight excluding hydrogens is 368 g/mol. The lowest BCUT2D eigenvalue weighted by Gasteiger charge is -2.28. The molecule has 0 saturated heterocycles. The standard InChI is InChI=1S/C23H26N2O4/c1-4-12-28-22(26)20-16(3)24-23(27)25-21(20)18-6-5-7-19(13-18)29-14-17-10-8-15(2)9-11-17/h5-11,13,21H,4,12,14H2,1-3H3,(H2,24,25,27). The topological polar surface area (TPSA) is 76.7 Å². The molecule has 29 heavy (non-hydrogen) atoms. The van der Waals surface area contributed by atoms with Crippen LogP contribution >= 0.6 is 0 Å². The van der Waals surface area contributed by atoms with Gasteiger partial charge in [-0.2, -0.15) is 0 Å². The third kappa shape index (κ3) is 5.16. The third-order valence-corrected chi connectivity index (χ3v) is 4.64. The lowest BCUT2D eigenvalue weighted by molar-refractivity contribution is -0.139. The summed E-state index contributed by atoms with van der Waals surface area (Å²) < 4.78 is 11.2. The molecule has 1 unspecified atom stereocenters. The van der Waals surface area contributed by atoms with Gasteiger partial charge in [-0.3, -0.25) is 0 Å². The number of hydrogen-bond donors (Lipinski definition) is 2. The van der Waals surface area contributed by atoms with Gasteiger partial charge < -0.3 is 20.1 Å². The van der Waals surface area contributed by atoms with Crippen molar-refractivity contribution in [1.82, 2.24) is 10.6 Å². The number of benzene rings is 2. The molecular formula is C23H26N2O4. The van der Waals surface area contributed by atoms with Gasteiger partial charge in [0.05, 0.1) is 18.2 Å². The van der Waals surface area contributed by atoms with Crippen molar-refractivity contribution in [2.24, 2.45) is 0 Å². The molecule has 0 radical (unpaired) electrons. The fourth-order valence-corrected chi connectivity index (χ4v) is 3.12. The molecule has 0 fully saturated rings. The largest absolute Gasteiger partial charge is 0.489 e. The Bertz CT molecular complexity index is 919. The van der Waals surface area contributed by atoms with Crippen LogP contribution in [-0.4, -0.2) is 18.6 Å². The van der Waals surface area contributed by atoms with Crippen molar-refractivity contribution in [3.05, 3.63) is 76.5 Å². The van der Waals surface area contributed by atoms with Gasteiger partial charge in [0, 0.05) is 5.70 Å². The molecule has 0 aliphatic carbocycles. The first-order chi connectivity index (χ1) is 14.0. The molecule has 2 aromatic carbocycles. The van der Waals surface area contributed by atoms with E-state index in [0.29, 0.717) is 30.2 Å².